The Balaban J connectivity index is 2.10. The van der Waals surface area contributed by atoms with Gasteiger partial charge >= 0.3 is 0 Å². The lowest BCUT2D eigenvalue weighted by molar-refractivity contribution is 0.367. The molecule has 0 saturated carbocycles. The third kappa shape index (κ3) is 3.51. The molecule has 4 nitrogen and oxygen atoms in total. The molecule has 0 unspecified atom stereocenters. The van der Waals surface area contributed by atoms with E-state index in [-0.39, 0.29) is 6.04 Å². The van der Waals surface area contributed by atoms with Gasteiger partial charge in [0.1, 0.15) is 0 Å². The van der Waals surface area contributed by atoms with Crippen molar-refractivity contribution >= 4 is 23.2 Å². The summed E-state index contributed by atoms with van der Waals surface area (Å²) in [5, 5.41) is 8.96. The fourth-order valence-electron chi connectivity index (χ4n) is 2.29. The molecule has 1 atom stereocenters. The van der Waals surface area contributed by atoms with Crippen LogP contribution in [0.25, 0.3) is 0 Å². The summed E-state index contributed by atoms with van der Waals surface area (Å²) >= 11 is 12.0. The molecule has 0 aliphatic heterocycles. The van der Waals surface area contributed by atoms with E-state index >= 15 is 0 Å². The van der Waals surface area contributed by atoms with Crippen LogP contribution in [0.2, 0.25) is 10.0 Å². The van der Waals surface area contributed by atoms with Crippen molar-refractivity contribution in [2.24, 2.45) is 7.05 Å². The van der Waals surface area contributed by atoms with E-state index in [0.717, 1.165) is 22.7 Å². The first-order chi connectivity index (χ1) is 9.93. The number of hydrogen-bond donors (Lipinski definition) is 1. The number of nitrogens with zero attached hydrogens (tertiary/aromatic N) is 2. The van der Waals surface area contributed by atoms with Gasteiger partial charge in [-0.2, -0.15) is 5.10 Å². The van der Waals surface area contributed by atoms with E-state index in [1.807, 2.05) is 32.2 Å². The van der Waals surface area contributed by atoms with Gasteiger partial charge in [-0.25, -0.2) is 4.68 Å². The van der Waals surface area contributed by atoms with Gasteiger partial charge in [-0.05, 0) is 31.5 Å². The summed E-state index contributed by atoms with van der Waals surface area (Å²) in [6.07, 6.45) is 0. The number of aryl methyl sites for hydroxylation is 2. The first kappa shape index (κ1) is 16.1. The van der Waals surface area contributed by atoms with Crippen LogP contribution in [0.3, 0.4) is 0 Å². The van der Waals surface area contributed by atoms with Crippen LogP contribution in [-0.4, -0.2) is 16.9 Å². The average Bonchev–Trinajstić information content (AvgIpc) is 2.72. The van der Waals surface area contributed by atoms with Gasteiger partial charge < -0.3 is 10.1 Å². The van der Waals surface area contributed by atoms with Gasteiger partial charge in [0.2, 0.25) is 5.88 Å². The molecule has 0 bridgehead atoms. The number of methoxy groups -OCH3 is 1. The maximum atomic E-state index is 6.06. The maximum Gasteiger partial charge on any atom is 0.216 e. The van der Waals surface area contributed by atoms with E-state index < -0.39 is 0 Å². The van der Waals surface area contributed by atoms with Gasteiger partial charge in [0.05, 0.1) is 28.4 Å². The fourth-order valence-corrected chi connectivity index (χ4v) is 2.60. The van der Waals surface area contributed by atoms with Crippen LogP contribution >= 0.6 is 23.2 Å². The van der Waals surface area contributed by atoms with Crippen LogP contribution in [0, 0.1) is 6.92 Å². The Labute approximate surface area is 135 Å². The van der Waals surface area contributed by atoms with Gasteiger partial charge in [-0.3, -0.25) is 0 Å². The number of ether oxygens (including phenoxy) is 1. The molecule has 114 valence electrons. The third-order valence-electron chi connectivity index (χ3n) is 3.51. The molecule has 0 radical (unpaired) electrons. The Morgan fingerprint density at radius 1 is 1.33 bits per heavy atom. The van der Waals surface area contributed by atoms with Crippen molar-refractivity contribution in [1.29, 1.82) is 0 Å². The quantitative estimate of drug-likeness (QED) is 0.905. The highest BCUT2D eigenvalue weighted by Crippen LogP contribution is 2.26. The van der Waals surface area contributed by atoms with Gasteiger partial charge in [-0.1, -0.05) is 29.3 Å². The Kier molecular flexibility index (Phi) is 5.14. The number of rotatable bonds is 5. The van der Waals surface area contributed by atoms with E-state index in [4.69, 9.17) is 27.9 Å². The summed E-state index contributed by atoms with van der Waals surface area (Å²) in [5.41, 5.74) is 3.11. The molecule has 1 aromatic carbocycles. The van der Waals surface area contributed by atoms with Gasteiger partial charge in [0.25, 0.3) is 0 Å². The van der Waals surface area contributed by atoms with Crippen molar-refractivity contribution in [3.05, 3.63) is 45.1 Å². The molecule has 0 amide bonds. The molecule has 0 fully saturated rings. The van der Waals surface area contributed by atoms with E-state index in [1.54, 1.807) is 11.8 Å². The van der Waals surface area contributed by atoms with Crippen molar-refractivity contribution in [2.75, 3.05) is 7.11 Å². The molecule has 2 aromatic rings. The summed E-state index contributed by atoms with van der Waals surface area (Å²) in [6, 6.07) is 5.81. The van der Waals surface area contributed by atoms with E-state index in [0.29, 0.717) is 16.6 Å². The highest BCUT2D eigenvalue weighted by Gasteiger charge is 2.15. The molecule has 21 heavy (non-hydrogen) atoms. The Morgan fingerprint density at radius 3 is 2.67 bits per heavy atom. The minimum absolute atomic E-state index is 0.143. The van der Waals surface area contributed by atoms with Crippen LogP contribution in [-0.2, 0) is 13.6 Å². The lowest BCUT2D eigenvalue weighted by Gasteiger charge is -2.15. The molecule has 2 rings (SSSR count). The molecule has 1 heterocycles. The fraction of sp³-hybridized carbons (Fsp3) is 0.400. The number of halogens is 2. The van der Waals surface area contributed by atoms with E-state index in [9.17, 15) is 0 Å². The molecule has 0 aliphatic carbocycles. The maximum absolute atomic E-state index is 6.06. The lowest BCUT2D eigenvalue weighted by atomic mass is 10.1. The normalized spacial score (nSPS) is 12.5. The topological polar surface area (TPSA) is 39.1 Å². The first-order valence-corrected chi connectivity index (χ1v) is 7.44. The summed E-state index contributed by atoms with van der Waals surface area (Å²) in [5.74, 6) is 0.779. The van der Waals surface area contributed by atoms with Crippen LogP contribution in [0.5, 0.6) is 5.88 Å². The zero-order valence-corrected chi connectivity index (χ0v) is 14.1. The molecule has 1 N–H and O–H groups in total. The Hall–Kier alpha value is -1.23. The summed E-state index contributed by atoms with van der Waals surface area (Å²) in [4.78, 5) is 0. The molecule has 0 saturated heterocycles. The van der Waals surface area contributed by atoms with E-state index in [1.165, 1.54) is 0 Å². The first-order valence-electron chi connectivity index (χ1n) is 6.68. The second kappa shape index (κ2) is 6.69. The largest absolute Gasteiger partial charge is 0.481 e. The van der Waals surface area contributed by atoms with Crippen molar-refractivity contribution in [3.8, 4) is 5.88 Å². The molecular weight excluding hydrogens is 309 g/mol. The smallest absolute Gasteiger partial charge is 0.216 e. The second-order valence-electron chi connectivity index (χ2n) is 4.97. The molecular formula is C15H19Cl2N3O. The van der Waals surface area contributed by atoms with Crippen molar-refractivity contribution in [1.82, 2.24) is 15.1 Å². The van der Waals surface area contributed by atoms with Crippen LogP contribution in [0.15, 0.2) is 18.2 Å². The van der Waals surface area contributed by atoms with Gasteiger partial charge in [-0.15, -0.1) is 0 Å². The predicted octanol–water partition coefficient (Wildman–Crippen LogP) is 3.89. The highest BCUT2D eigenvalue weighted by atomic mass is 35.5. The number of benzene rings is 1. The summed E-state index contributed by atoms with van der Waals surface area (Å²) in [7, 11) is 3.53. The SMILES string of the molecule is COc1c(CN[C@H](C)c2ccc(Cl)c(Cl)c2)c(C)nn1C. The van der Waals surface area contributed by atoms with Crippen LogP contribution < -0.4 is 10.1 Å². The summed E-state index contributed by atoms with van der Waals surface area (Å²) in [6.45, 7) is 4.73. The molecule has 0 spiro atoms. The van der Waals surface area contributed by atoms with Crippen LogP contribution in [0.4, 0.5) is 0 Å². The predicted molar refractivity (Wildman–Crippen MR) is 86.2 cm³/mol. The van der Waals surface area contributed by atoms with Crippen molar-refractivity contribution in [3.63, 3.8) is 0 Å². The average molecular weight is 328 g/mol. The zero-order valence-electron chi connectivity index (χ0n) is 12.6. The second-order valence-corrected chi connectivity index (χ2v) is 5.79. The zero-order chi connectivity index (χ0) is 15.6. The van der Waals surface area contributed by atoms with Gasteiger partial charge in [0, 0.05) is 19.6 Å². The monoisotopic (exact) mass is 327 g/mol. The van der Waals surface area contributed by atoms with Crippen molar-refractivity contribution in [2.45, 2.75) is 26.4 Å². The number of nitrogens with one attached hydrogen (secondary N) is 1. The van der Waals surface area contributed by atoms with Crippen molar-refractivity contribution < 1.29 is 4.74 Å². The number of hydrogen-bond acceptors (Lipinski definition) is 3. The Morgan fingerprint density at radius 2 is 2.05 bits per heavy atom. The Bertz CT molecular complexity index is 640. The lowest BCUT2D eigenvalue weighted by Crippen LogP contribution is -2.18. The minimum Gasteiger partial charge on any atom is -0.481 e. The van der Waals surface area contributed by atoms with E-state index in [2.05, 4.69) is 17.3 Å². The minimum atomic E-state index is 0.143. The molecule has 1 aromatic heterocycles. The van der Waals surface area contributed by atoms with Gasteiger partial charge in [0.15, 0.2) is 0 Å². The standard InChI is InChI=1S/C15H19Cl2N3O/c1-9(11-5-6-13(16)14(17)7-11)18-8-12-10(2)19-20(3)15(12)21-4/h5-7,9,18H,8H2,1-4H3/t9-/m1/s1. The summed E-state index contributed by atoms with van der Waals surface area (Å²) < 4.78 is 7.14. The third-order valence-corrected chi connectivity index (χ3v) is 4.25. The molecule has 0 aliphatic rings. The number of aromatic nitrogens is 2. The van der Waals surface area contributed by atoms with Crippen LogP contribution in [0.1, 0.15) is 29.8 Å². The highest BCUT2D eigenvalue weighted by molar-refractivity contribution is 6.42. The molecule has 6 heteroatoms.